The zero-order valence-electron chi connectivity index (χ0n) is 17.4. The highest BCUT2D eigenvalue weighted by Gasteiger charge is 2.49. The molecule has 7 heteroatoms. The van der Waals surface area contributed by atoms with Crippen molar-refractivity contribution in [3.05, 3.63) is 47.1 Å². The Kier molecular flexibility index (Phi) is 7.19. The van der Waals surface area contributed by atoms with Gasteiger partial charge in [-0.05, 0) is 45.8 Å². The number of carbonyl (C=O) groups excluding carboxylic acids is 3. The summed E-state index contributed by atoms with van der Waals surface area (Å²) in [6, 6.07) is 0. The molecule has 1 aliphatic heterocycles. The Morgan fingerprint density at radius 3 is 2.48 bits per heavy atom. The van der Waals surface area contributed by atoms with E-state index in [4.69, 9.17) is 14.2 Å². The molecule has 5 atom stereocenters. The van der Waals surface area contributed by atoms with Gasteiger partial charge in [0.1, 0.15) is 6.10 Å². The van der Waals surface area contributed by atoms with E-state index in [2.05, 4.69) is 6.58 Å². The number of hydrogen-bond donors (Lipinski definition) is 1. The fourth-order valence-corrected chi connectivity index (χ4v) is 3.52. The van der Waals surface area contributed by atoms with Crippen molar-refractivity contribution in [2.24, 2.45) is 5.92 Å². The number of aliphatic hydroxyl groups is 1. The molecule has 0 spiro atoms. The third-order valence-corrected chi connectivity index (χ3v) is 5.09. The number of aliphatic hydroxyl groups excluding tert-OH is 1. The number of rotatable bonds is 3. The van der Waals surface area contributed by atoms with Crippen LogP contribution in [0, 0.1) is 5.92 Å². The van der Waals surface area contributed by atoms with Gasteiger partial charge in [0, 0.05) is 18.1 Å². The van der Waals surface area contributed by atoms with Crippen LogP contribution in [0.2, 0.25) is 0 Å². The first-order valence-corrected chi connectivity index (χ1v) is 9.49. The Morgan fingerprint density at radius 1 is 1.24 bits per heavy atom. The fraction of sp³-hybridized carbons (Fsp3) is 0.500. The average Bonchev–Trinajstić information content (AvgIpc) is 2.89. The van der Waals surface area contributed by atoms with Gasteiger partial charge in [-0.2, -0.15) is 0 Å². The predicted octanol–water partition coefficient (Wildman–Crippen LogP) is 2.55. The van der Waals surface area contributed by atoms with Crippen LogP contribution in [-0.4, -0.2) is 47.4 Å². The van der Waals surface area contributed by atoms with Crippen molar-refractivity contribution < 1.29 is 33.7 Å². The second-order valence-electron chi connectivity index (χ2n) is 7.49. The normalized spacial score (nSPS) is 34.1. The fourth-order valence-electron chi connectivity index (χ4n) is 3.52. The summed E-state index contributed by atoms with van der Waals surface area (Å²) in [4.78, 5) is 36.6. The third-order valence-electron chi connectivity index (χ3n) is 5.09. The van der Waals surface area contributed by atoms with E-state index in [1.807, 2.05) is 6.92 Å². The van der Waals surface area contributed by atoms with Crippen LogP contribution in [0.15, 0.2) is 47.1 Å². The minimum Gasteiger partial charge on any atom is -0.454 e. The smallest absolute Gasteiger partial charge is 0.334 e. The maximum absolute atomic E-state index is 12.6. The van der Waals surface area contributed by atoms with Crippen molar-refractivity contribution in [2.75, 3.05) is 0 Å². The monoisotopic (exact) mass is 404 g/mol. The zero-order valence-corrected chi connectivity index (χ0v) is 17.4. The van der Waals surface area contributed by atoms with E-state index < -0.39 is 48.2 Å². The van der Waals surface area contributed by atoms with Gasteiger partial charge in [0.25, 0.3) is 0 Å². The van der Waals surface area contributed by atoms with Crippen molar-refractivity contribution in [1.82, 2.24) is 0 Å². The van der Waals surface area contributed by atoms with Gasteiger partial charge >= 0.3 is 17.9 Å². The lowest BCUT2D eigenvalue weighted by atomic mass is 9.83. The number of allylic oxidation sites excluding steroid dienone is 1. The van der Waals surface area contributed by atoms with E-state index in [1.165, 1.54) is 6.92 Å². The second kappa shape index (κ2) is 9.22. The molecule has 0 aromatic rings. The number of ether oxygens (including phenoxy) is 3. The number of fused-ring (bicyclic) bond motifs is 1. The minimum absolute atomic E-state index is 0.140. The number of hydrogen-bond acceptors (Lipinski definition) is 7. The maximum Gasteiger partial charge on any atom is 0.334 e. The summed E-state index contributed by atoms with van der Waals surface area (Å²) in [5.74, 6) is -2.53. The molecule has 1 heterocycles. The minimum atomic E-state index is -1.06. The largest absolute Gasteiger partial charge is 0.454 e. The zero-order chi connectivity index (χ0) is 21.9. The van der Waals surface area contributed by atoms with Gasteiger partial charge in [-0.15, -0.1) is 0 Å². The van der Waals surface area contributed by atoms with Crippen molar-refractivity contribution >= 4 is 17.9 Å². The summed E-state index contributed by atoms with van der Waals surface area (Å²) >= 11 is 0. The van der Waals surface area contributed by atoms with Gasteiger partial charge in [0.2, 0.25) is 0 Å². The van der Waals surface area contributed by atoms with E-state index in [1.54, 1.807) is 39.0 Å². The predicted molar refractivity (Wildman–Crippen MR) is 106 cm³/mol. The Hall–Kier alpha value is -2.67. The highest BCUT2D eigenvalue weighted by atomic mass is 16.6. The van der Waals surface area contributed by atoms with Crippen LogP contribution < -0.4 is 0 Å². The second-order valence-corrected chi connectivity index (χ2v) is 7.49. The maximum atomic E-state index is 12.6. The topological polar surface area (TPSA) is 99.1 Å². The summed E-state index contributed by atoms with van der Waals surface area (Å²) in [6.45, 7) is 11.9. The highest BCUT2D eigenvalue weighted by Crippen LogP contribution is 2.37. The molecule has 1 aliphatic carbocycles. The van der Waals surface area contributed by atoms with E-state index in [0.717, 1.165) is 5.57 Å². The summed E-state index contributed by atoms with van der Waals surface area (Å²) in [6.07, 6.45) is 1.53. The van der Waals surface area contributed by atoms with Crippen molar-refractivity contribution in [2.45, 2.75) is 65.5 Å². The first kappa shape index (κ1) is 22.6. The summed E-state index contributed by atoms with van der Waals surface area (Å²) in [5, 5.41) is 10.4. The molecule has 0 radical (unpaired) electrons. The van der Waals surface area contributed by atoms with E-state index >= 15 is 0 Å². The molecule has 158 valence electrons. The van der Waals surface area contributed by atoms with E-state index in [0.29, 0.717) is 17.6 Å². The lowest BCUT2D eigenvalue weighted by Crippen LogP contribution is -2.44. The molecule has 29 heavy (non-hydrogen) atoms. The Labute approximate surface area is 170 Å². The van der Waals surface area contributed by atoms with Gasteiger partial charge in [0.15, 0.2) is 12.2 Å². The van der Waals surface area contributed by atoms with Crippen molar-refractivity contribution in [3.63, 3.8) is 0 Å². The van der Waals surface area contributed by atoms with E-state index in [-0.39, 0.29) is 5.57 Å². The van der Waals surface area contributed by atoms with E-state index in [9.17, 15) is 19.5 Å². The van der Waals surface area contributed by atoms with Gasteiger partial charge in [-0.25, -0.2) is 9.59 Å². The Balaban J connectivity index is 2.63. The van der Waals surface area contributed by atoms with Gasteiger partial charge in [0.05, 0.1) is 12.0 Å². The van der Waals surface area contributed by atoms with Crippen LogP contribution >= 0.6 is 0 Å². The quantitative estimate of drug-likeness (QED) is 0.334. The van der Waals surface area contributed by atoms with Crippen molar-refractivity contribution in [3.8, 4) is 0 Å². The molecule has 0 bridgehead atoms. The van der Waals surface area contributed by atoms with Crippen LogP contribution in [0.5, 0.6) is 0 Å². The van der Waals surface area contributed by atoms with Gasteiger partial charge < -0.3 is 19.3 Å². The Morgan fingerprint density at radius 2 is 1.90 bits per heavy atom. The molecule has 1 fully saturated rings. The summed E-state index contributed by atoms with van der Waals surface area (Å²) in [5.41, 5.74) is 1.81. The molecule has 0 unspecified atom stereocenters. The summed E-state index contributed by atoms with van der Waals surface area (Å²) in [7, 11) is 0. The lowest BCUT2D eigenvalue weighted by molar-refractivity contribution is -0.165. The van der Waals surface area contributed by atoms with Crippen LogP contribution in [0.4, 0.5) is 0 Å². The van der Waals surface area contributed by atoms with Crippen LogP contribution in [-0.2, 0) is 28.6 Å². The molecular weight excluding hydrogens is 376 g/mol. The lowest BCUT2D eigenvalue weighted by Gasteiger charge is -2.33. The molecule has 1 saturated heterocycles. The first-order valence-electron chi connectivity index (χ1n) is 9.49. The third kappa shape index (κ3) is 5.23. The molecule has 7 nitrogen and oxygen atoms in total. The first-order chi connectivity index (χ1) is 13.5. The van der Waals surface area contributed by atoms with Crippen LogP contribution in [0.3, 0.4) is 0 Å². The Bertz CT molecular complexity index is 802. The van der Waals surface area contributed by atoms with Crippen LogP contribution in [0.25, 0.3) is 0 Å². The molecule has 0 amide bonds. The molecule has 0 aromatic carbocycles. The molecular formula is C22H28O7. The number of carbonyl (C=O) groups is 3. The average molecular weight is 404 g/mol. The molecule has 0 saturated carbocycles. The molecule has 2 rings (SSSR count). The molecule has 0 aromatic heterocycles. The SMILES string of the molecule is C=C1C(=O)O[C@@H]2/C=C(\C)C[C@H](O)/C=C(\C)[C@@H](OC(C)=O)[C@H](OC(=O)/C(C)=C\C)[C@@H]12. The summed E-state index contributed by atoms with van der Waals surface area (Å²) < 4.78 is 16.7. The van der Waals surface area contributed by atoms with Gasteiger partial charge in [-0.3, -0.25) is 4.79 Å². The van der Waals surface area contributed by atoms with Crippen molar-refractivity contribution in [1.29, 1.82) is 0 Å². The number of esters is 3. The molecule has 1 N–H and O–H groups in total. The standard InChI is InChI=1S/C22H28O7/c1-7-12(3)21(25)29-20-18-14(5)22(26)28-17(18)9-11(2)8-16(24)10-13(4)19(20)27-15(6)23/h7,9-10,16-20,24H,5,8H2,1-4,6H3/b11-9+,12-7-,13-10+/t16-,17+,18-,19+,20+/m0/s1. The highest BCUT2D eigenvalue weighted by molar-refractivity contribution is 5.92. The molecule has 2 aliphatic rings. The van der Waals surface area contributed by atoms with Crippen LogP contribution in [0.1, 0.15) is 41.0 Å². The van der Waals surface area contributed by atoms with Gasteiger partial charge in [-0.1, -0.05) is 24.3 Å².